The van der Waals surface area contributed by atoms with Gasteiger partial charge in [-0.25, -0.2) is 4.79 Å². The third-order valence-electron chi connectivity index (χ3n) is 5.06. The summed E-state index contributed by atoms with van der Waals surface area (Å²) in [5.74, 6) is 1.34. The first-order valence-electron chi connectivity index (χ1n) is 13.2. The maximum absolute atomic E-state index is 11.4. The molecule has 0 bridgehead atoms. The first-order valence-corrected chi connectivity index (χ1v) is 13.2. The van der Waals surface area contributed by atoms with Crippen molar-refractivity contribution in [3.8, 4) is 17.2 Å². The van der Waals surface area contributed by atoms with E-state index in [4.69, 9.17) is 18.9 Å². The Labute approximate surface area is 238 Å². The minimum absolute atomic E-state index is 0.0787. The van der Waals surface area contributed by atoms with E-state index in [1.54, 1.807) is 30.3 Å². The maximum Gasteiger partial charge on any atom is 0.344 e. The second-order valence-electron chi connectivity index (χ2n) is 9.67. The number of ether oxygens (including phenoxy) is 4. The molecule has 212 valence electrons. The number of benzene rings is 3. The third-order valence-corrected chi connectivity index (χ3v) is 5.06. The molecule has 0 heterocycles. The first kappa shape index (κ1) is 31.9. The van der Waals surface area contributed by atoms with Gasteiger partial charge in [0.05, 0.1) is 0 Å². The van der Waals surface area contributed by atoms with E-state index in [9.17, 15) is 9.90 Å². The molecule has 0 aromatic heterocycles. The van der Waals surface area contributed by atoms with Crippen molar-refractivity contribution < 1.29 is 28.8 Å². The van der Waals surface area contributed by atoms with E-state index in [2.05, 4.69) is 6.58 Å². The number of hydrogen-bond acceptors (Lipinski definition) is 6. The van der Waals surface area contributed by atoms with E-state index in [1.165, 1.54) is 0 Å². The minimum Gasteiger partial charge on any atom is -0.508 e. The number of hydrogen-bond donors (Lipinski definition) is 1. The largest absolute Gasteiger partial charge is 0.508 e. The molecule has 1 unspecified atom stereocenters. The summed E-state index contributed by atoms with van der Waals surface area (Å²) in [5.41, 5.74) is 2.67. The number of esters is 1. The van der Waals surface area contributed by atoms with Crippen molar-refractivity contribution in [1.29, 1.82) is 0 Å². The molecule has 1 N–H and O–H groups in total. The Morgan fingerprint density at radius 1 is 0.850 bits per heavy atom. The van der Waals surface area contributed by atoms with Gasteiger partial charge >= 0.3 is 5.97 Å². The fraction of sp³-hybridized carbons (Fsp3) is 0.265. The van der Waals surface area contributed by atoms with Crippen LogP contribution in [0.3, 0.4) is 0 Å². The molecule has 3 aromatic carbocycles. The highest BCUT2D eigenvalue weighted by Crippen LogP contribution is 2.16. The van der Waals surface area contributed by atoms with Gasteiger partial charge in [-0.05, 0) is 87.7 Å². The van der Waals surface area contributed by atoms with Crippen LogP contribution in [0.5, 0.6) is 17.2 Å². The highest BCUT2D eigenvalue weighted by molar-refractivity contribution is 5.71. The smallest absolute Gasteiger partial charge is 0.344 e. The topological polar surface area (TPSA) is 74.2 Å². The van der Waals surface area contributed by atoms with E-state index >= 15 is 0 Å². The van der Waals surface area contributed by atoms with Crippen molar-refractivity contribution in [3.63, 3.8) is 0 Å². The lowest BCUT2D eigenvalue weighted by Crippen LogP contribution is -2.27. The van der Waals surface area contributed by atoms with Gasteiger partial charge in [-0.3, -0.25) is 0 Å². The van der Waals surface area contributed by atoms with Crippen molar-refractivity contribution in [3.05, 3.63) is 108 Å². The van der Waals surface area contributed by atoms with E-state index < -0.39 is 5.60 Å². The van der Waals surface area contributed by atoms with Crippen LogP contribution in [0.2, 0.25) is 0 Å². The fourth-order valence-corrected chi connectivity index (χ4v) is 3.25. The summed E-state index contributed by atoms with van der Waals surface area (Å²) in [6, 6.07) is 22.3. The molecule has 1 atom stereocenters. The molecule has 0 aliphatic heterocycles. The number of aromatic hydroxyl groups is 1. The zero-order valence-electron chi connectivity index (χ0n) is 24.0. The zero-order valence-corrected chi connectivity index (χ0v) is 24.0. The average Bonchev–Trinajstić information content (AvgIpc) is 2.92. The number of phenols is 1. The lowest BCUT2D eigenvalue weighted by Gasteiger charge is -2.19. The normalized spacial score (nSPS) is 11.9. The molecule has 0 spiro atoms. The van der Waals surface area contributed by atoms with E-state index in [1.807, 2.05) is 107 Å². The van der Waals surface area contributed by atoms with Crippen LogP contribution in [0.1, 0.15) is 51.3 Å². The van der Waals surface area contributed by atoms with Gasteiger partial charge in [-0.2, -0.15) is 0 Å². The predicted molar refractivity (Wildman–Crippen MR) is 162 cm³/mol. The van der Waals surface area contributed by atoms with Crippen molar-refractivity contribution in [2.24, 2.45) is 0 Å². The quantitative estimate of drug-likeness (QED) is 0.150. The highest BCUT2D eigenvalue weighted by Gasteiger charge is 2.16. The Hall–Kier alpha value is -4.29. The van der Waals surface area contributed by atoms with Gasteiger partial charge in [0, 0.05) is 6.61 Å². The molecule has 0 saturated carbocycles. The summed E-state index contributed by atoms with van der Waals surface area (Å²) >= 11 is 0. The summed E-state index contributed by atoms with van der Waals surface area (Å²) in [6.07, 6.45) is 9.45. The van der Waals surface area contributed by atoms with Crippen LogP contribution in [0.4, 0.5) is 0 Å². The SMILES string of the molecule is C=Cc1ccc(OCC(=O)OC(C)(C)C)cc1.CCOC(C)Oc1ccc(C=CC=Cc2ccc(O)cc2)cc1. The maximum atomic E-state index is 11.4. The van der Waals surface area contributed by atoms with Crippen molar-refractivity contribution in [1.82, 2.24) is 0 Å². The van der Waals surface area contributed by atoms with Crippen LogP contribution in [0, 0.1) is 0 Å². The van der Waals surface area contributed by atoms with Gasteiger partial charge in [0.2, 0.25) is 0 Å². The van der Waals surface area contributed by atoms with Crippen molar-refractivity contribution >= 4 is 24.2 Å². The van der Waals surface area contributed by atoms with Crippen LogP contribution in [-0.2, 0) is 14.3 Å². The van der Waals surface area contributed by atoms with Gasteiger partial charge in [0.15, 0.2) is 12.9 Å². The molecular weight excluding hydrogens is 504 g/mol. The van der Waals surface area contributed by atoms with Gasteiger partial charge in [0.25, 0.3) is 0 Å². The Bertz CT molecular complexity index is 1220. The Morgan fingerprint density at radius 2 is 1.35 bits per heavy atom. The third kappa shape index (κ3) is 13.5. The number of allylic oxidation sites excluding steroid dienone is 2. The molecule has 0 aliphatic rings. The predicted octanol–water partition coefficient (Wildman–Crippen LogP) is 7.93. The molecule has 0 amide bonds. The second-order valence-corrected chi connectivity index (χ2v) is 9.67. The van der Waals surface area contributed by atoms with Crippen molar-refractivity contribution in [2.45, 2.75) is 46.5 Å². The molecule has 3 aromatic rings. The first-order chi connectivity index (χ1) is 19.1. The van der Waals surface area contributed by atoms with E-state index in [0.29, 0.717) is 12.4 Å². The van der Waals surface area contributed by atoms with Crippen LogP contribution in [0.15, 0.2) is 91.5 Å². The van der Waals surface area contributed by atoms with Crippen LogP contribution >= 0.6 is 0 Å². The summed E-state index contributed by atoms with van der Waals surface area (Å²) in [4.78, 5) is 11.4. The molecule has 0 radical (unpaired) electrons. The molecule has 0 aliphatic carbocycles. The number of phenolic OH excluding ortho intramolecular Hbond substituents is 1. The second kappa shape index (κ2) is 16.6. The molecule has 6 nitrogen and oxygen atoms in total. The van der Waals surface area contributed by atoms with Crippen LogP contribution in [-0.4, -0.2) is 36.2 Å². The Balaban J connectivity index is 0.000000294. The number of carbonyl (C=O) groups excluding carboxylic acids is 1. The summed E-state index contributed by atoms with van der Waals surface area (Å²) in [5, 5.41) is 9.23. The molecule has 0 fully saturated rings. The zero-order chi connectivity index (χ0) is 29.4. The monoisotopic (exact) mass is 544 g/mol. The standard InChI is InChI=1S/C20H22O3.C14H18O3/c1-3-22-16(2)23-20-14-10-18(11-15-20)7-5-4-6-17-8-12-19(21)13-9-17;1-5-11-6-8-12(9-7-11)16-10-13(15)17-14(2,3)4/h4-16,21H,3H2,1-2H3;5-9H,1,10H2,2-4H3. The fourth-order valence-electron chi connectivity index (χ4n) is 3.25. The number of carbonyl (C=O) groups is 1. The Morgan fingerprint density at radius 3 is 1.85 bits per heavy atom. The molecule has 3 rings (SSSR count). The summed E-state index contributed by atoms with van der Waals surface area (Å²) < 4.78 is 21.4. The summed E-state index contributed by atoms with van der Waals surface area (Å²) in [7, 11) is 0. The lowest BCUT2D eigenvalue weighted by molar-refractivity contribution is -0.157. The van der Waals surface area contributed by atoms with Crippen LogP contribution in [0.25, 0.3) is 18.2 Å². The average molecular weight is 545 g/mol. The highest BCUT2D eigenvalue weighted by atomic mass is 16.7. The van der Waals surface area contributed by atoms with Gasteiger partial charge < -0.3 is 24.1 Å². The Kier molecular flexibility index (Phi) is 13.3. The van der Waals surface area contributed by atoms with Gasteiger partial charge in [-0.15, -0.1) is 0 Å². The van der Waals surface area contributed by atoms with E-state index in [0.717, 1.165) is 22.4 Å². The molecular formula is C34H40O6. The van der Waals surface area contributed by atoms with Gasteiger partial charge in [0.1, 0.15) is 22.8 Å². The molecule has 6 heteroatoms. The number of rotatable bonds is 11. The van der Waals surface area contributed by atoms with Crippen molar-refractivity contribution in [2.75, 3.05) is 13.2 Å². The lowest BCUT2D eigenvalue weighted by atomic mass is 10.2. The molecule has 0 saturated heterocycles. The minimum atomic E-state index is -0.479. The van der Waals surface area contributed by atoms with E-state index in [-0.39, 0.29) is 24.6 Å². The van der Waals surface area contributed by atoms with Crippen LogP contribution < -0.4 is 9.47 Å². The summed E-state index contributed by atoms with van der Waals surface area (Å²) in [6.45, 7) is 13.5. The van der Waals surface area contributed by atoms with Gasteiger partial charge in [-0.1, -0.05) is 73.4 Å². The molecule has 40 heavy (non-hydrogen) atoms.